The predicted octanol–water partition coefficient (Wildman–Crippen LogP) is 6.53. The fourth-order valence-electron chi connectivity index (χ4n) is 5.29. The molecule has 2 aromatic carbocycles. The van der Waals surface area contributed by atoms with Crippen molar-refractivity contribution in [3.63, 3.8) is 0 Å². The van der Waals surface area contributed by atoms with Crippen molar-refractivity contribution in [2.75, 3.05) is 0 Å². The molecule has 0 unspecified atom stereocenters. The minimum absolute atomic E-state index is 0.325. The standard InChI is InChI=1S/C33H43N6O3/c1-28(2)31(7,8)37(40)25(34-28)21-15-13-20(14-16-21)22-17-23(26-35-29(3,4)32(9,10)38(26)41)19-24(18-22)27-36-30(5,6)33(11,12)39(27)42/h13-19H,1-12H3. The Bertz CT molecular complexity index is 1580. The first-order valence-corrected chi connectivity index (χ1v) is 14.5. The normalized spacial score (nSPS) is 24.5. The molecule has 3 heterocycles. The predicted molar refractivity (Wildman–Crippen MR) is 167 cm³/mol. The first-order chi connectivity index (χ1) is 19.0. The lowest BCUT2D eigenvalue weighted by atomic mass is 9.84. The SMILES string of the molecule is CC1(C)N=C(c2cc(C3=NC(C)(C)C(C)(C)[N+]3=O)cc(-c3ccc(C4=NC(C)(C)C(C)(C)N4[O-])cc3)c2)N([O])C1(C)C. The summed E-state index contributed by atoms with van der Waals surface area (Å²) in [7, 11) is 0. The topological polar surface area (TPSA) is 107 Å². The van der Waals surface area contributed by atoms with Gasteiger partial charge in [-0.2, -0.15) is 5.06 Å². The maximum absolute atomic E-state index is 13.6. The zero-order chi connectivity index (χ0) is 31.4. The maximum atomic E-state index is 13.6. The number of amidine groups is 3. The van der Waals surface area contributed by atoms with Gasteiger partial charge in [0, 0.05) is 16.7 Å². The number of rotatable bonds is 4. The largest absolute Gasteiger partial charge is 0.757 e. The molecule has 0 N–H and O–H groups in total. The number of hydroxylamine groups is 4. The molecule has 1 radical (unpaired) electrons. The lowest BCUT2D eigenvalue weighted by Gasteiger charge is -2.45. The Morgan fingerprint density at radius 1 is 0.595 bits per heavy atom. The van der Waals surface area contributed by atoms with E-state index in [1.807, 2.05) is 126 Å². The highest BCUT2D eigenvalue weighted by atomic mass is 16.5. The van der Waals surface area contributed by atoms with E-state index in [0.717, 1.165) is 31.6 Å². The molecule has 0 atom stereocenters. The second kappa shape index (κ2) is 8.80. The second-order valence-electron chi connectivity index (χ2n) is 14.9. The van der Waals surface area contributed by atoms with Crippen LogP contribution in [0.2, 0.25) is 0 Å². The lowest BCUT2D eigenvalue weighted by molar-refractivity contribution is -0.514. The molecule has 0 amide bonds. The van der Waals surface area contributed by atoms with Gasteiger partial charge in [-0.15, -0.1) is 0 Å². The Hall–Kier alpha value is -3.43. The Labute approximate surface area is 249 Å². The van der Waals surface area contributed by atoms with Gasteiger partial charge < -0.3 is 10.3 Å². The van der Waals surface area contributed by atoms with E-state index in [1.54, 1.807) is 0 Å². The van der Waals surface area contributed by atoms with Crippen molar-refractivity contribution in [2.45, 2.75) is 116 Å². The number of aliphatic imine (C=N–C) groups is 3. The van der Waals surface area contributed by atoms with E-state index in [1.165, 1.54) is 0 Å². The molecule has 0 fully saturated rings. The van der Waals surface area contributed by atoms with Crippen molar-refractivity contribution in [1.29, 1.82) is 0 Å². The van der Waals surface area contributed by atoms with Crippen molar-refractivity contribution in [1.82, 2.24) is 10.1 Å². The Morgan fingerprint density at radius 3 is 1.52 bits per heavy atom. The smallest absolute Gasteiger partial charge is 0.364 e. The molecule has 0 saturated heterocycles. The van der Waals surface area contributed by atoms with Gasteiger partial charge in [-0.3, -0.25) is 9.98 Å². The van der Waals surface area contributed by atoms with Crippen molar-refractivity contribution < 1.29 is 9.97 Å². The highest BCUT2D eigenvalue weighted by Crippen LogP contribution is 2.41. The molecular formula is C33H43N6O3. The molecule has 223 valence electrons. The molecular weight excluding hydrogens is 528 g/mol. The van der Waals surface area contributed by atoms with E-state index in [-0.39, 0.29) is 0 Å². The summed E-state index contributed by atoms with van der Waals surface area (Å²) in [5, 5.41) is 28.7. The molecule has 0 saturated carbocycles. The zero-order valence-corrected chi connectivity index (χ0v) is 26.9. The molecule has 5 rings (SSSR count). The van der Waals surface area contributed by atoms with E-state index in [9.17, 15) is 15.3 Å². The molecule has 42 heavy (non-hydrogen) atoms. The van der Waals surface area contributed by atoms with Crippen molar-refractivity contribution in [2.24, 2.45) is 15.0 Å². The van der Waals surface area contributed by atoms with Gasteiger partial charge in [-0.05, 0) is 117 Å². The summed E-state index contributed by atoms with van der Waals surface area (Å²) in [6.07, 6.45) is 0. The lowest BCUT2D eigenvalue weighted by Crippen LogP contribution is -2.50. The molecule has 3 aliphatic rings. The van der Waals surface area contributed by atoms with E-state index >= 15 is 0 Å². The van der Waals surface area contributed by atoms with Crippen LogP contribution in [0.1, 0.15) is 99.8 Å². The average Bonchev–Trinajstić information content (AvgIpc) is 3.26. The van der Waals surface area contributed by atoms with E-state index in [0.29, 0.717) is 28.6 Å². The van der Waals surface area contributed by atoms with Crippen LogP contribution < -0.4 is 0 Å². The number of benzene rings is 2. The summed E-state index contributed by atoms with van der Waals surface area (Å²) in [5.41, 5.74) is -0.321. The molecule has 0 bridgehead atoms. The zero-order valence-electron chi connectivity index (χ0n) is 26.9. The van der Waals surface area contributed by atoms with E-state index < -0.39 is 33.2 Å². The average molecular weight is 572 g/mol. The summed E-state index contributed by atoms with van der Waals surface area (Å²) < 4.78 is 0.975. The first-order valence-electron chi connectivity index (χ1n) is 14.5. The summed E-state index contributed by atoms with van der Waals surface area (Å²) in [5.74, 6) is 1.06. The Kier molecular flexibility index (Phi) is 6.29. The maximum Gasteiger partial charge on any atom is 0.364 e. The van der Waals surface area contributed by atoms with Crippen molar-refractivity contribution >= 4 is 17.5 Å². The van der Waals surface area contributed by atoms with Gasteiger partial charge >= 0.3 is 5.84 Å². The molecule has 0 spiro atoms. The van der Waals surface area contributed by atoms with Gasteiger partial charge in [-0.1, -0.05) is 39.4 Å². The first kappa shape index (κ1) is 30.0. The van der Waals surface area contributed by atoms with Gasteiger partial charge in [0.15, 0.2) is 16.9 Å². The number of nitroso groups, excluding NO2 is 1. The van der Waals surface area contributed by atoms with Crippen LogP contribution in [0.15, 0.2) is 57.4 Å². The van der Waals surface area contributed by atoms with E-state index in [2.05, 4.69) is 0 Å². The highest BCUT2D eigenvalue weighted by molar-refractivity contribution is 6.05. The fourth-order valence-corrected chi connectivity index (χ4v) is 5.29. The van der Waals surface area contributed by atoms with Crippen molar-refractivity contribution in [3.05, 3.63) is 69.3 Å². The van der Waals surface area contributed by atoms with Crippen LogP contribution in [0, 0.1) is 10.1 Å². The van der Waals surface area contributed by atoms with Gasteiger partial charge in [-0.25, -0.2) is 0 Å². The molecule has 0 aromatic heterocycles. The number of nitrogens with zero attached hydrogens (tertiary/aromatic N) is 6. The van der Waals surface area contributed by atoms with Gasteiger partial charge in [0.05, 0.1) is 22.2 Å². The summed E-state index contributed by atoms with van der Waals surface area (Å²) in [6.45, 7) is 23.1. The quantitative estimate of drug-likeness (QED) is 0.389. The monoisotopic (exact) mass is 571 g/mol. The van der Waals surface area contributed by atoms with Gasteiger partial charge in [0.1, 0.15) is 5.84 Å². The number of hydrogen-bond acceptors (Lipinski definition) is 7. The summed E-state index contributed by atoms with van der Waals surface area (Å²) in [6, 6.07) is 13.4. The van der Waals surface area contributed by atoms with E-state index in [4.69, 9.17) is 15.0 Å². The third kappa shape index (κ3) is 4.07. The van der Waals surface area contributed by atoms with Crippen LogP contribution in [-0.4, -0.2) is 65.6 Å². The van der Waals surface area contributed by atoms with Gasteiger partial charge in [0.2, 0.25) is 0 Å². The molecule has 9 heteroatoms. The molecule has 9 nitrogen and oxygen atoms in total. The summed E-state index contributed by atoms with van der Waals surface area (Å²) >= 11 is 0. The van der Waals surface area contributed by atoms with Crippen LogP contribution in [0.4, 0.5) is 0 Å². The van der Waals surface area contributed by atoms with Crippen LogP contribution in [-0.2, 0) is 5.21 Å². The second-order valence-corrected chi connectivity index (χ2v) is 14.9. The fraction of sp³-hybridized carbons (Fsp3) is 0.545. The van der Waals surface area contributed by atoms with Crippen molar-refractivity contribution in [3.8, 4) is 11.1 Å². The summed E-state index contributed by atoms with van der Waals surface area (Å²) in [4.78, 5) is 28.0. The Balaban J connectivity index is 1.64. The minimum atomic E-state index is -0.757. The molecule has 0 aliphatic carbocycles. The molecule has 3 aliphatic heterocycles. The number of hydrogen-bond donors (Lipinski definition) is 0. The Morgan fingerprint density at radius 2 is 1.07 bits per heavy atom. The van der Waals surface area contributed by atoms with Crippen LogP contribution in [0.3, 0.4) is 0 Å². The van der Waals surface area contributed by atoms with Crippen LogP contribution in [0.5, 0.6) is 0 Å². The van der Waals surface area contributed by atoms with Crippen LogP contribution >= 0.6 is 0 Å². The third-order valence-electron chi connectivity index (χ3n) is 10.7. The highest BCUT2D eigenvalue weighted by Gasteiger charge is 2.59. The molecule has 2 aromatic rings. The van der Waals surface area contributed by atoms with Crippen LogP contribution in [0.25, 0.3) is 11.1 Å². The third-order valence-corrected chi connectivity index (χ3v) is 10.7. The minimum Gasteiger partial charge on any atom is -0.757 e. The van der Waals surface area contributed by atoms with Gasteiger partial charge in [0.25, 0.3) is 0 Å².